The van der Waals surface area contributed by atoms with Crippen molar-refractivity contribution < 1.29 is 9.21 Å². The molecule has 0 saturated heterocycles. The Morgan fingerprint density at radius 3 is 2.37 bits per heavy atom. The molecule has 0 N–H and O–H groups in total. The average Bonchev–Trinajstić information content (AvgIpc) is 3.22. The summed E-state index contributed by atoms with van der Waals surface area (Å²) in [7, 11) is 0. The van der Waals surface area contributed by atoms with Crippen LogP contribution in [-0.2, 0) is 24.3 Å². The van der Waals surface area contributed by atoms with Crippen LogP contribution in [0.2, 0.25) is 0 Å². The predicted octanol–water partition coefficient (Wildman–Crippen LogP) is 5.20. The summed E-state index contributed by atoms with van der Waals surface area (Å²) >= 11 is 0. The summed E-state index contributed by atoms with van der Waals surface area (Å²) in [6, 6.07) is 28.1. The first-order chi connectivity index (χ1) is 13.3. The second kappa shape index (κ2) is 7.92. The maximum absolute atomic E-state index is 13.2. The molecule has 0 radical (unpaired) electrons. The average molecular weight is 355 g/mol. The molecule has 0 atom stereocenters. The Labute approximate surface area is 158 Å². The minimum atomic E-state index is 0.0895. The van der Waals surface area contributed by atoms with E-state index in [-0.39, 0.29) is 5.91 Å². The number of carbonyl (C=O) groups excluding carboxylic acids is 1. The fourth-order valence-electron chi connectivity index (χ4n) is 3.35. The van der Waals surface area contributed by atoms with Crippen LogP contribution in [0, 0.1) is 0 Å². The maximum Gasteiger partial charge on any atom is 0.227 e. The second-order valence-electron chi connectivity index (χ2n) is 6.63. The van der Waals surface area contributed by atoms with Crippen molar-refractivity contribution >= 4 is 16.7 Å². The van der Waals surface area contributed by atoms with Crippen molar-refractivity contribution in [3.8, 4) is 0 Å². The summed E-state index contributed by atoms with van der Waals surface area (Å²) in [6.45, 7) is 1.02. The number of amides is 1. The van der Waals surface area contributed by atoms with E-state index in [9.17, 15) is 4.79 Å². The number of hydrogen-bond acceptors (Lipinski definition) is 2. The van der Waals surface area contributed by atoms with Crippen molar-refractivity contribution in [2.24, 2.45) is 0 Å². The number of rotatable bonds is 6. The van der Waals surface area contributed by atoms with Crippen LogP contribution < -0.4 is 0 Å². The molecule has 4 aromatic rings. The van der Waals surface area contributed by atoms with Crippen LogP contribution in [-0.4, -0.2) is 10.8 Å². The van der Waals surface area contributed by atoms with E-state index in [0.717, 1.165) is 27.7 Å². The van der Waals surface area contributed by atoms with Gasteiger partial charge in [-0.1, -0.05) is 72.8 Å². The molecule has 3 aromatic carbocycles. The smallest absolute Gasteiger partial charge is 0.227 e. The Bertz CT molecular complexity index is 1020. The number of nitrogens with zero attached hydrogens (tertiary/aromatic N) is 1. The van der Waals surface area contributed by atoms with Crippen LogP contribution in [0.4, 0.5) is 0 Å². The van der Waals surface area contributed by atoms with Crippen molar-refractivity contribution in [2.45, 2.75) is 19.5 Å². The molecule has 1 heterocycles. The number of fused-ring (bicyclic) bond motifs is 1. The minimum Gasteiger partial charge on any atom is -0.467 e. The topological polar surface area (TPSA) is 33.5 Å². The fourth-order valence-corrected chi connectivity index (χ4v) is 3.35. The molecule has 27 heavy (non-hydrogen) atoms. The summed E-state index contributed by atoms with van der Waals surface area (Å²) < 4.78 is 5.48. The standard InChI is InChI=1S/C24H21NO2/c26-24(16-21-12-6-11-20-10-4-5-14-23(20)21)25(18-22-13-7-15-27-22)17-19-8-2-1-3-9-19/h1-15H,16-18H2. The largest absolute Gasteiger partial charge is 0.467 e. The van der Waals surface area contributed by atoms with Crippen LogP contribution in [0.3, 0.4) is 0 Å². The molecule has 0 spiro atoms. The molecular formula is C24H21NO2. The highest BCUT2D eigenvalue weighted by Crippen LogP contribution is 2.20. The zero-order valence-electron chi connectivity index (χ0n) is 15.0. The molecule has 0 bridgehead atoms. The zero-order chi connectivity index (χ0) is 18.5. The number of furan rings is 1. The van der Waals surface area contributed by atoms with E-state index < -0.39 is 0 Å². The monoisotopic (exact) mass is 355 g/mol. The third kappa shape index (κ3) is 4.09. The molecule has 0 aliphatic rings. The molecule has 3 nitrogen and oxygen atoms in total. The third-order valence-corrected chi connectivity index (χ3v) is 4.72. The van der Waals surface area contributed by atoms with Gasteiger partial charge in [-0.3, -0.25) is 4.79 Å². The van der Waals surface area contributed by atoms with Crippen LogP contribution in [0.15, 0.2) is 95.6 Å². The van der Waals surface area contributed by atoms with Gasteiger partial charge in [0.05, 0.1) is 19.2 Å². The van der Waals surface area contributed by atoms with E-state index >= 15 is 0 Å². The second-order valence-corrected chi connectivity index (χ2v) is 6.63. The van der Waals surface area contributed by atoms with E-state index in [1.54, 1.807) is 6.26 Å². The molecule has 3 heteroatoms. The number of benzene rings is 3. The SMILES string of the molecule is O=C(Cc1cccc2ccccc12)N(Cc1ccccc1)Cc1ccco1. The van der Waals surface area contributed by atoms with Crippen LogP contribution >= 0.6 is 0 Å². The molecule has 1 aromatic heterocycles. The zero-order valence-corrected chi connectivity index (χ0v) is 15.0. The van der Waals surface area contributed by atoms with Gasteiger partial charge in [0.2, 0.25) is 5.91 Å². The molecule has 0 unspecified atom stereocenters. The lowest BCUT2D eigenvalue weighted by molar-refractivity contribution is -0.132. The molecule has 1 amide bonds. The van der Waals surface area contributed by atoms with Crippen molar-refractivity contribution in [3.05, 3.63) is 108 Å². The highest BCUT2D eigenvalue weighted by molar-refractivity contribution is 5.90. The van der Waals surface area contributed by atoms with Crippen LogP contribution in [0.1, 0.15) is 16.9 Å². The van der Waals surface area contributed by atoms with Gasteiger partial charge in [-0.15, -0.1) is 0 Å². The summed E-state index contributed by atoms with van der Waals surface area (Å²) in [5, 5.41) is 2.29. The van der Waals surface area contributed by atoms with Crippen molar-refractivity contribution in [3.63, 3.8) is 0 Å². The highest BCUT2D eigenvalue weighted by Gasteiger charge is 2.17. The fraction of sp³-hybridized carbons (Fsp3) is 0.125. The highest BCUT2D eigenvalue weighted by atomic mass is 16.3. The van der Waals surface area contributed by atoms with Crippen molar-refractivity contribution in [1.82, 2.24) is 4.90 Å². The summed E-state index contributed by atoms with van der Waals surface area (Å²) in [5.41, 5.74) is 2.16. The lowest BCUT2D eigenvalue weighted by Gasteiger charge is -2.22. The summed E-state index contributed by atoms with van der Waals surface area (Å²) in [5.74, 6) is 0.879. The molecule has 4 rings (SSSR count). The van der Waals surface area contributed by atoms with Crippen molar-refractivity contribution in [1.29, 1.82) is 0 Å². The molecule has 0 aliphatic heterocycles. The minimum absolute atomic E-state index is 0.0895. The molecule has 0 saturated carbocycles. The summed E-state index contributed by atoms with van der Waals surface area (Å²) in [4.78, 5) is 15.0. The van der Waals surface area contributed by atoms with Gasteiger partial charge >= 0.3 is 0 Å². The van der Waals surface area contributed by atoms with Gasteiger partial charge in [0, 0.05) is 6.54 Å². The third-order valence-electron chi connectivity index (χ3n) is 4.72. The van der Waals surface area contributed by atoms with Gasteiger partial charge in [0.25, 0.3) is 0 Å². The van der Waals surface area contributed by atoms with Crippen molar-refractivity contribution in [2.75, 3.05) is 0 Å². The lowest BCUT2D eigenvalue weighted by atomic mass is 10.0. The van der Waals surface area contributed by atoms with E-state index in [2.05, 4.69) is 18.2 Å². The molecular weight excluding hydrogens is 334 g/mol. The van der Waals surface area contributed by atoms with E-state index in [0.29, 0.717) is 19.5 Å². The first kappa shape index (κ1) is 17.1. The summed E-state index contributed by atoms with van der Waals surface area (Å²) in [6.07, 6.45) is 2.01. The van der Waals surface area contributed by atoms with E-state index in [1.807, 2.05) is 71.6 Å². The van der Waals surface area contributed by atoms with E-state index in [1.165, 1.54) is 0 Å². The van der Waals surface area contributed by atoms with Gasteiger partial charge in [0.15, 0.2) is 0 Å². The van der Waals surface area contributed by atoms with Gasteiger partial charge in [-0.2, -0.15) is 0 Å². The first-order valence-electron chi connectivity index (χ1n) is 9.10. The Morgan fingerprint density at radius 2 is 1.56 bits per heavy atom. The lowest BCUT2D eigenvalue weighted by Crippen LogP contribution is -2.31. The first-order valence-corrected chi connectivity index (χ1v) is 9.10. The molecule has 134 valence electrons. The van der Waals surface area contributed by atoms with Gasteiger partial charge in [-0.25, -0.2) is 0 Å². The number of hydrogen-bond donors (Lipinski definition) is 0. The molecule has 0 aliphatic carbocycles. The Kier molecular flexibility index (Phi) is 5.01. The predicted molar refractivity (Wildman–Crippen MR) is 107 cm³/mol. The van der Waals surface area contributed by atoms with Gasteiger partial charge in [-0.05, 0) is 34.0 Å². The number of carbonyl (C=O) groups is 1. The maximum atomic E-state index is 13.2. The van der Waals surface area contributed by atoms with Gasteiger partial charge in [0.1, 0.15) is 5.76 Å². The van der Waals surface area contributed by atoms with Crippen LogP contribution in [0.25, 0.3) is 10.8 Å². The Morgan fingerprint density at radius 1 is 0.778 bits per heavy atom. The van der Waals surface area contributed by atoms with E-state index in [4.69, 9.17) is 4.42 Å². The van der Waals surface area contributed by atoms with Gasteiger partial charge < -0.3 is 9.32 Å². The molecule has 0 fully saturated rings. The quantitative estimate of drug-likeness (QED) is 0.476. The van der Waals surface area contributed by atoms with Crippen LogP contribution in [0.5, 0.6) is 0 Å². The Balaban J connectivity index is 1.59. The normalized spacial score (nSPS) is 10.8. The Hall–Kier alpha value is -3.33.